The van der Waals surface area contributed by atoms with E-state index in [-0.39, 0.29) is 32.3 Å². The van der Waals surface area contributed by atoms with Crippen LogP contribution < -0.4 is 15.0 Å². The summed E-state index contributed by atoms with van der Waals surface area (Å²) in [4.78, 5) is 15.7. The van der Waals surface area contributed by atoms with Crippen molar-refractivity contribution in [2.24, 2.45) is 0 Å². The third-order valence-electron chi connectivity index (χ3n) is 3.58. The van der Waals surface area contributed by atoms with Crippen LogP contribution >= 0.6 is 0 Å². The van der Waals surface area contributed by atoms with Gasteiger partial charge >= 0.3 is 6.03 Å². The molecular formula is C16H27N3O4. The Bertz CT molecular complexity index is 486. The second kappa shape index (κ2) is 9.91. The Kier molecular flexibility index (Phi) is 8.21. The molecule has 130 valence electrons. The number of rotatable bonds is 9. The van der Waals surface area contributed by atoms with Gasteiger partial charge in [0.15, 0.2) is 0 Å². The Morgan fingerprint density at radius 2 is 1.78 bits per heavy atom. The van der Waals surface area contributed by atoms with Crippen molar-refractivity contribution in [2.45, 2.75) is 13.8 Å². The van der Waals surface area contributed by atoms with E-state index in [0.717, 1.165) is 18.8 Å². The van der Waals surface area contributed by atoms with Gasteiger partial charge in [-0.1, -0.05) is 0 Å². The van der Waals surface area contributed by atoms with Gasteiger partial charge in [-0.3, -0.25) is 0 Å². The van der Waals surface area contributed by atoms with Crippen molar-refractivity contribution >= 4 is 17.4 Å². The molecule has 1 aromatic rings. The number of nitrogens with one attached hydrogen (secondary N) is 1. The Morgan fingerprint density at radius 3 is 2.26 bits per heavy atom. The minimum absolute atomic E-state index is 0.159. The Labute approximate surface area is 137 Å². The summed E-state index contributed by atoms with van der Waals surface area (Å²) in [5.74, 6) is 0.565. The number of carbonyl (C=O) groups excluding carboxylic acids is 1. The van der Waals surface area contributed by atoms with Gasteiger partial charge in [-0.05, 0) is 26.0 Å². The lowest BCUT2D eigenvalue weighted by atomic mass is 10.2. The van der Waals surface area contributed by atoms with E-state index in [1.165, 1.54) is 4.90 Å². The number of nitrogens with zero attached hydrogens (tertiary/aromatic N) is 2. The normalized spacial score (nSPS) is 10.3. The smallest absolute Gasteiger partial charge is 0.322 e. The predicted molar refractivity (Wildman–Crippen MR) is 91.3 cm³/mol. The fraction of sp³-hybridized carbons (Fsp3) is 0.562. The van der Waals surface area contributed by atoms with E-state index >= 15 is 0 Å². The molecule has 0 saturated carbocycles. The first kappa shape index (κ1) is 19.1. The summed E-state index contributed by atoms with van der Waals surface area (Å²) in [7, 11) is 1.55. The number of methoxy groups -OCH3 is 1. The molecule has 7 heteroatoms. The Balaban J connectivity index is 2.93. The maximum absolute atomic E-state index is 12.2. The summed E-state index contributed by atoms with van der Waals surface area (Å²) in [6, 6.07) is 5.21. The second-order valence-electron chi connectivity index (χ2n) is 4.92. The lowest BCUT2D eigenvalue weighted by molar-refractivity contribution is 0.167. The molecule has 0 aliphatic rings. The van der Waals surface area contributed by atoms with Gasteiger partial charge in [0.1, 0.15) is 5.75 Å². The van der Waals surface area contributed by atoms with Crippen molar-refractivity contribution < 1.29 is 19.7 Å². The molecule has 0 heterocycles. The number of benzene rings is 1. The zero-order valence-electron chi connectivity index (χ0n) is 14.1. The first-order chi connectivity index (χ1) is 11.1. The van der Waals surface area contributed by atoms with Crippen molar-refractivity contribution in [3.8, 4) is 5.75 Å². The molecule has 0 unspecified atom stereocenters. The maximum Gasteiger partial charge on any atom is 0.322 e. The lowest BCUT2D eigenvalue weighted by Crippen LogP contribution is -2.39. The lowest BCUT2D eigenvalue weighted by Gasteiger charge is -2.24. The van der Waals surface area contributed by atoms with Crippen LogP contribution in [0.1, 0.15) is 13.8 Å². The molecule has 0 aromatic heterocycles. The molecule has 23 heavy (non-hydrogen) atoms. The van der Waals surface area contributed by atoms with Gasteiger partial charge in [0, 0.05) is 37.9 Å². The van der Waals surface area contributed by atoms with Crippen molar-refractivity contribution in [3.63, 3.8) is 0 Å². The van der Waals surface area contributed by atoms with Crippen LogP contribution in [0.3, 0.4) is 0 Å². The van der Waals surface area contributed by atoms with E-state index in [4.69, 9.17) is 14.9 Å². The summed E-state index contributed by atoms with van der Waals surface area (Å²) in [6.45, 7) is 5.91. The summed E-state index contributed by atoms with van der Waals surface area (Å²) >= 11 is 0. The number of amides is 2. The van der Waals surface area contributed by atoms with Crippen LogP contribution in [-0.4, -0.2) is 67.6 Å². The molecule has 0 aliphatic heterocycles. The Hall–Kier alpha value is -1.99. The van der Waals surface area contributed by atoms with Crippen LogP contribution in [0.2, 0.25) is 0 Å². The van der Waals surface area contributed by atoms with Crippen LogP contribution in [0.15, 0.2) is 18.2 Å². The van der Waals surface area contributed by atoms with Gasteiger partial charge in [0.25, 0.3) is 0 Å². The first-order valence-electron chi connectivity index (χ1n) is 7.81. The van der Waals surface area contributed by atoms with Gasteiger partial charge < -0.3 is 30.1 Å². The van der Waals surface area contributed by atoms with Gasteiger partial charge in [-0.25, -0.2) is 4.79 Å². The van der Waals surface area contributed by atoms with E-state index in [9.17, 15) is 4.79 Å². The molecular weight excluding hydrogens is 298 g/mol. The van der Waals surface area contributed by atoms with Crippen molar-refractivity contribution in [1.82, 2.24) is 4.90 Å². The fourth-order valence-electron chi connectivity index (χ4n) is 2.32. The summed E-state index contributed by atoms with van der Waals surface area (Å²) in [5.41, 5.74) is 1.57. The molecule has 3 N–H and O–H groups in total. The van der Waals surface area contributed by atoms with Gasteiger partial charge in [-0.2, -0.15) is 0 Å². The van der Waals surface area contributed by atoms with Crippen molar-refractivity contribution in [2.75, 3.05) is 56.7 Å². The second-order valence-corrected chi connectivity index (χ2v) is 4.92. The van der Waals surface area contributed by atoms with Crippen molar-refractivity contribution in [1.29, 1.82) is 0 Å². The molecule has 0 bridgehead atoms. The van der Waals surface area contributed by atoms with E-state index in [2.05, 4.69) is 24.1 Å². The van der Waals surface area contributed by atoms with Crippen LogP contribution in [0.25, 0.3) is 0 Å². The maximum atomic E-state index is 12.2. The quantitative estimate of drug-likeness (QED) is 0.638. The zero-order chi connectivity index (χ0) is 17.2. The highest BCUT2D eigenvalue weighted by Gasteiger charge is 2.15. The molecule has 1 aromatic carbocycles. The minimum atomic E-state index is -0.387. The van der Waals surface area contributed by atoms with E-state index < -0.39 is 0 Å². The first-order valence-corrected chi connectivity index (χ1v) is 7.81. The number of aliphatic hydroxyl groups excluding tert-OH is 2. The molecule has 0 radical (unpaired) electrons. The van der Waals surface area contributed by atoms with Gasteiger partial charge in [0.05, 0.1) is 26.0 Å². The number of ether oxygens (including phenoxy) is 1. The number of carbonyl (C=O) groups is 1. The van der Waals surface area contributed by atoms with Crippen molar-refractivity contribution in [3.05, 3.63) is 18.2 Å². The molecule has 0 atom stereocenters. The summed E-state index contributed by atoms with van der Waals surface area (Å²) < 4.78 is 5.37. The Morgan fingerprint density at radius 1 is 1.17 bits per heavy atom. The highest BCUT2D eigenvalue weighted by Crippen LogP contribution is 2.30. The monoisotopic (exact) mass is 325 g/mol. The summed E-state index contributed by atoms with van der Waals surface area (Å²) in [6.07, 6.45) is 0. The number of hydrogen-bond donors (Lipinski definition) is 3. The third-order valence-corrected chi connectivity index (χ3v) is 3.58. The molecule has 1 rings (SSSR count). The zero-order valence-corrected chi connectivity index (χ0v) is 14.1. The van der Waals surface area contributed by atoms with E-state index in [1.807, 2.05) is 12.1 Å². The minimum Gasteiger partial charge on any atom is -0.494 e. The SMILES string of the molecule is CCN(CC)c1ccc(NC(=O)N(CCO)CCO)c(OC)c1. The average molecular weight is 325 g/mol. The van der Waals surface area contributed by atoms with Crippen LogP contribution in [0.5, 0.6) is 5.75 Å². The standard InChI is InChI=1S/C16H27N3O4/c1-4-18(5-2)13-6-7-14(15(12-13)23-3)17-16(22)19(8-10-20)9-11-21/h6-7,12,20-21H,4-5,8-11H2,1-3H3,(H,17,22). The highest BCUT2D eigenvalue weighted by atomic mass is 16.5. The van der Waals surface area contributed by atoms with Gasteiger partial charge in [0.2, 0.25) is 0 Å². The summed E-state index contributed by atoms with van der Waals surface area (Å²) in [5, 5.41) is 20.7. The third kappa shape index (κ3) is 5.30. The highest BCUT2D eigenvalue weighted by molar-refractivity contribution is 5.91. The molecule has 2 amide bonds. The molecule has 0 fully saturated rings. The molecule has 0 spiro atoms. The fourth-order valence-corrected chi connectivity index (χ4v) is 2.32. The number of anilines is 2. The average Bonchev–Trinajstić information content (AvgIpc) is 2.56. The molecule has 7 nitrogen and oxygen atoms in total. The molecule has 0 aliphatic carbocycles. The van der Waals surface area contributed by atoms with Crippen LogP contribution in [-0.2, 0) is 0 Å². The van der Waals surface area contributed by atoms with Gasteiger partial charge in [-0.15, -0.1) is 0 Å². The number of hydrogen-bond acceptors (Lipinski definition) is 5. The number of aliphatic hydroxyl groups is 2. The van der Waals surface area contributed by atoms with E-state index in [0.29, 0.717) is 11.4 Å². The van der Waals surface area contributed by atoms with Crippen LogP contribution in [0.4, 0.5) is 16.2 Å². The largest absolute Gasteiger partial charge is 0.494 e. The van der Waals surface area contributed by atoms with Crippen LogP contribution in [0, 0.1) is 0 Å². The number of urea groups is 1. The molecule has 0 saturated heterocycles. The topological polar surface area (TPSA) is 85.3 Å². The predicted octanol–water partition coefficient (Wildman–Crippen LogP) is 1.36. The van der Waals surface area contributed by atoms with E-state index in [1.54, 1.807) is 13.2 Å².